The molecule has 0 atom stereocenters. The number of halogens is 1. The van der Waals surface area contributed by atoms with E-state index in [9.17, 15) is 13.2 Å². The fourth-order valence-electron chi connectivity index (χ4n) is 1.23. The number of carboxylic acid groups (broad SMARTS) is 1. The first-order chi connectivity index (χ1) is 8.24. The van der Waals surface area contributed by atoms with Crippen molar-refractivity contribution < 1.29 is 18.3 Å². The van der Waals surface area contributed by atoms with Crippen LogP contribution >= 0.6 is 15.9 Å². The molecule has 1 N–H and O–H groups in total. The zero-order chi connectivity index (χ0) is 13.9. The molecule has 6 heteroatoms. The number of hydrogen-bond acceptors (Lipinski definition) is 3. The van der Waals surface area contributed by atoms with Gasteiger partial charge in [0.2, 0.25) is 0 Å². The zero-order valence-corrected chi connectivity index (χ0v) is 12.4. The second-order valence-electron chi connectivity index (χ2n) is 4.01. The minimum atomic E-state index is -3.49. The number of carboxylic acids is 1. The Labute approximate surface area is 114 Å². The third kappa shape index (κ3) is 3.68. The van der Waals surface area contributed by atoms with Crippen LogP contribution in [0.25, 0.3) is 0 Å². The summed E-state index contributed by atoms with van der Waals surface area (Å²) in [5.74, 6) is -1.29. The molecule has 1 aromatic rings. The number of allylic oxidation sites excluding steroid dienone is 1. The van der Waals surface area contributed by atoms with Crippen LogP contribution in [0.5, 0.6) is 0 Å². The van der Waals surface area contributed by atoms with E-state index < -0.39 is 15.8 Å². The highest BCUT2D eigenvalue weighted by Crippen LogP contribution is 2.22. The van der Waals surface area contributed by atoms with Gasteiger partial charge in [-0.15, -0.1) is 0 Å². The van der Waals surface area contributed by atoms with Crippen molar-refractivity contribution in [1.82, 2.24) is 0 Å². The van der Waals surface area contributed by atoms with Gasteiger partial charge in [-0.1, -0.05) is 11.6 Å². The Bertz CT molecular complexity index is 599. The first-order valence-corrected chi connectivity index (χ1v) is 7.57. The van der Waals surface area contributed by atoms with Crippen LogP contribution in [0.4, 0.5) is 0 Å². The normalized spacial score (nSPS) is 11.1. The number of aromatic carboxylic acids is 1. The van der Waals surface area contributed by atoms with Crippen molar-refractivity contribution in [3.63, 3.8) is 0 Å². The standard InChI is InChI=1S/C12H13BrO4S/c1-8(2)5-6-18(16,17)9-3-4-11(13)10(7-9)12(14)15/h3-5,7H,6H2,1-2H3,(H,14,15). The lowest BCUT2D eigenvalue weighted by Crippen LogP contribution is -2.07. The molecule has 4 nitrogen and oxygen atoms in total. The van der Waals surface area contributed by atoms with Crippen molar-refractivity contribution >= 4 is 31.7 Å². The van der Waals surface area contributed by atoms with Gasteiger partial charge in [0.15, 0.2) is 9.84 Å². The molecule has 0 saturated heterocycles. The maximum absolute atomic E-state index is 12.0. The van der Waals surface area contributed by atoms with Crippen LogP contribution in [0.1, 0.15) is 24.2 Å². The smallest absolute Gasteiger partial charge is 0.336 e. The topological polar surface area (TPSA) is 71.4 Å². The van der Waals surface area contributed by atoms with Gasteiger partial charge in [-0.3, -0.25) is 0 Å². The molecule has 0 radical (unpaired) electrons. The van der Waals surface area contributed by atoms with E-state index in [1.807, 2.05) is 0 Å². The number of rotatable bonds is 4. The average Bonchev–Trinajstić information content (AvgIpc) is 2.26. The van der Waals surface area contributed by atoms with Gasteiger partial charge >= 0.3 is 5.97 Å². The number of benzene rings is 1. The van der Waals surface area contributed by atoms with Crippen LogP contribution < -0.4 is 0 Å². The summed E-state index contributed by atoms with van der Waals surface area (Å²) < 4.78 is 24.3. The highest BCUT2D eigenvalue weighted by molar-refractivity contribution is 9.10. The summed E-state index contributed by atoms with van der Waals surface area (Å²) in [4.78, 5) is 10.9. The highest BCUT2D eigenvalue weighted by atomic mass is 79.9. The van der Waals surface area contributed by atoms with Gasteiger partial charge in [0.25, 0.3) is 0 Å². The molecular formula is C12H13BrO4S. The summed E-state index contributed by atoms with van der Waals surface area (Å²) in [6.45, 7) is 3.61. The second kappa shape index (κ2) is 5.67. The maximum atomic E-state index is 12.0. The molecule has 0 bridgehead atoms. The van der Waals surface area contributed by atoms with E-state index >= 15 is 0 Å². The quantitative estimate of drug-likeness (QED) is 0.860. The van der Waals surface area contributed by atoms with Gasteiger partial charge in [0.05, 0.1) is 16.2 Å². The molecule has 0 unspecified atom stereocenters. The molecule has 1 aromatic carbocycles. The van der Waals surface area contributed by atoms with Crippen molar-refractivity contribution in [2.45, 2.75) is 18.7 Å². The Hall–Kier alpha value is -1.14. The predicted molar refractivity (Wildman–Crippen MR) is 72.6 cm³/mol. The third-order valence-corrected chi connectivity index (χ3v) is 4.51. The van der Waals surface area contributed by atoms with Gasteiger partial charge in [-0.2, -0.15) is 0 Å². The number of hydrogen-bond donors (Lipinski definition) is 1. The molecule has 0 aliphatic carbocycles. The molecule has 0 fully saturated rings. The second-order valence-corrected chi connectivity index (χ2v) is 6.90. The van der Waals surface area contributed by atoms with Gasteiger partial charge in [-0.25, -0.2) is 13.2 Å². The first kappa shape index (κ1) is 14.9. The average molecular weight is 333 g/mol. The van der Waals surface area contributed by atoms with E-state index in [4.69, 9.17) is 5.11 Å². The largest absolute Gasteiger partial charge is 0.478 e. The lowest BCUT2D eigenvalue weighted by molar-refractivity contribution is 0.0695. The van der Waals surface area contributed by atoms with Gasteiger partial charge < -0.3 is 5.11 Å². The third-order valence-electron chi connectivity index (χ3n) is 2.24. The fourth-order valence-corrected chi connectivity index (χ4v) is 2.97. The van der Waals surface area contributed by atoms with E-state index in [0.717, 1.165) is 5.57 Å². The van der Waals surface area contributed by atoms with Gasteiger partial charge in [0.1, 0.15) is 0 Å². The van der Waals surface area contributed by atoms with Crippen LogP contribution in [0.15, 0.2) is 39.2 Å². The van der Waals surface area contributed by atoms with E-state index in [0.29, 0.717) is 4.47 Å². The Morgan fingerprint density at radius 3 is 2.50 bits per heavy atom. The molecular weight excluding hydrogens is 320 g/mol. The molecule has 0 saturated carbocycles. The molecule has 0 spiro atoms. The molecule has 0 aliphatic rings. The summed E-state index contributed by atoms with van der Waals surface area (Å²) in [7, 11) is -3.49. The molecule has 1 rings (SSSR count). The van der Waals surface area contributed by atoms with E-state index in [1.54, 1.807) is 19.9 Å². The summed E-state index contributed by atoms with van der Waals surface area (Å²) in [6.07, 6.45) is 1.60. The minimum absolute atomic E-state index is 0.0144. The Morgan fingerprint density at radius 1 is 1.39 bits per heavy atom. The lowest BCUT2D eigenvalue weighted by atomic mass is 10.2. The molecule has 0 heterocycles. The van der Waals surface area contributed by atoms with Gasteiger partial charge in [-0.05, 0) is 48.0 Å². The van der Waals surface area contributed by atoms with Crippen molar-refractivity contribution in [3.8, 4) is 0 Å². The molecule has 98 valence electrons. The zero-order valence-electron chi connectivity index (χ0n) is 9.97. The maximum Gasteiger partial charge on any atom is 0.336 e. The van der Waals surface area contributed by atoms with Crippen LogP contribution in [0.2, 0.25) is 0 Å². The first-order valence-electron chi connectivity index (χ1n) is 5.13. The minimum Gasteiger partial charge on any atom is -0.478 e. The van der Waals surface area contributed by atoms with Crippen molar-refractivity contribution in [1.29, 1.82) is 0 Å². The molecule has 0 aliphatic heterocycles. The summed E-state index contributed by atoms with van der Waals surface area (Å²) in [5, 5.41) is 8.94. The summed E-state index contributed by atoms with van der Waals surface area (Å²) in [5.41, 5.74) is 0.836. The van der Waals surface area contributed by atoms with Crippen molar-refractivity contribution in [2.75, 3.05) is 5.75 Å². The molecule has 0 amide bonds. The Morgan fingerprint density at radius 2 is 2.00 bits per heavy atom. The van der Waals surface area contributed by atoms with E-state index in [1.165, 1.54) is 18.2 Å². The lowest BCUT2D eigenvalue weighted by Gasteiger charge is -2.05. The van der Waals surface area contributed by atoms with Crippen LogP contribution in [0, 0.1) is 0 Å². The molecule has 18 heavy (non-hydrogen) atoms. The monoisotopic (exact) mass is 332 g/mol. The number of carbonyl (C=O) groups is 1. The summed E-state index contributed by atoms with van der Waals surface area (Å²) >= 11 is 3.07. The van der Waals surface area contributed by atoms with Crippen molar-refractivity contribution in [3.05, 3.63) is 39.9 Å². The number of sulfone groups is 1. The van der Waals surface area contributed by atoms with Gasteiger partial charge in [0, 0.05) is 4.47 Å². The molecule has 0 aromatic heterocycles. The fraction of sp³-hybridized carbons (Fsp3) is 0.250. The van der Waals surface area contributed by atoms with E-state index in [-0.39, 0.29) is 16.2 Å². The highest BCUT2D eigenvalue weighted by Gasteiger charge is 2.17. The van der Waals surface area contributed by atoms with Crippen LogP contribution in [-0.2, 0) is 9.84 Å². The van der Waals surface area contributed by atoms with E-state index in [2.05, 4.69) is 15.9 Å². The summed E-state index contributed by atoms with van der Waals surface area (Å²) in [6, 6.07) is 3.99. The Balaban J connectivity index is 3.22. The SMILES string of the molecule is CC(C)=CCS(=O)(=O)c1ccc(Br)c(C(=O)O)c1. The Kier molecular flexibility index (Phi) is 4.70. The van der Waals surface area contributed by atoms with Crippen LogP contribution in [-0.4, -0.2) is 25.2 Å². The predicted octanol–water partition coefficient (Wildman–Crippen LogP) is 2.89. The van der Waals surface area contributed by atoms with Crippen LogP contribution in [0.3, 0.4) is 0 Å². The van der Waals surface area contributed by atoms with Crippen molar-refractivity contribution in [2.24, 2.45) is 0 Å².